The van der Waals surface area contributed by atoms with E-state index in [1.165, 1.54) is 0 Å². The highest BCUT2D eigenvalue weighted by Crippen LogP contribution is 2.32. The molecule has 0 heterocycles. The van der Waals surface area contributed by atoms with E-state index >= 15 is 0 Å². The SMILES string of the molecule is Cc1ccccc1C(CN)(CCCCCO)C(=O)O. The second-order valence-corrected chi connectivity index (χ2v) is 4.94. The van der Waals surface area contributed by atoms with Gasteiger partial charge in [-0.25, -0.2) is 0 Å². The van der Waals surface area contributed by atoms with E-state index in [0.717, 1.165) is 24.0 Å². The molecule has 0 aliphatic heterocycles. The number of nitrogens with two attached hydrogens (primary N) is 1. The first-order valence-electron chi connectivity index (χ1n) is 6.69. The van der Waals surface area contributed by atoms with Crippen molar-refractivity contribution in [1.82, 2.24) is 0 Å². The number of hydrogen-bond acceptors (Lipinski definition) is 3. The fourth-order valence-corrected chi connectivity index (χ4v) is 2.48. The average Bonchev–Trinajstić information content (AvgIpc) is 2.40. The van der Waals surface area contributed by atoms with Gasteiger partial charge >= 0.3 is 5.97 Å². The van der Waals surface area contributed by atoms with Gasteiger partial charge in [0.1, 0.15) is 5.41 Å². The number of aliphatic hydroxyl groups is 1. The quantitative estimate of drug-likeness (QED) is 0.626. The molecular formula is C15H23NO3. The van der Waals surface area contributed by atoms with Crippen LogP contribution in [0.1, 0.15) is 36.8 Å². The summed E-state index contributed by atoms with van der Waals surface area (Å²) < 4.78 is 0. The summed E-state index contributed by atoms with van der Waals surface area (Å²) in [5, 5.41) is 18.4. The van der Waals surface area contributed by atoms with E-state index in [4.69, 9.17) is 10.8 Å². The molecule has 0 amide bonds. The van der Waals surface area contributed by atoms with Crippen LogP contribution in [0.3, 0.4) is 0 Å². The first-order valence-corrected chi connectivity index (χ1v) is 6.69. The summed E-state index contributed by atoms with van der Waals surface area (Å²) in [6.07, 6.45) is 2.77. The highest BCUT2D eigenvalue weighted by atomic mass is 16.4. The predicted molar refractivity (Wildman–Crippen MR) is 75.1 cm³/mol. The Labute approximate surface area is 114 Å². The Morgan fingerprint density at radius 3 is 2.47 bits per heavy atom. The van der Waals surface area contributed by atoms with Gasteiger partial charge in [0, 0.05) is 13.2 Å². The van der Waals surface area contributed by atoms with E-state index in [-0.39, 0.29) is 13.2 Å². The highest BCUT2D eigenvalue weighted by Gasteiger charge is 2.39. The molecule has 0 bridgehead atoms. The van der Waals surface area contributed by atoms with Crippen molar-refractivity contribution in [2.24, 2.45) is 5.73 Å². The Morgan fingerprint density at radius 2 is 1.95 bits per heavy atom. The predicted octanol–water partition coefficient (Wildman–Crippen LogP) is 1.83. The number of benzene rings is 1. The molecule has 1 aromatic rings. The van der Waals surface area contributed by atoms with Crippen molar-refractivity contribution in [3.05, 3.63) is 35.4 Å². The fraction of sp³-hybridized carbons (Fsp3) is 0.533. The third-order valence-electron chi connectivity index (χ3n) is 3.68. The van der Waals surface area contributed by atoms with Gasteiger partial charge < -0.3 is 15.9 Å². The molecular weight excluding hydrogens is 242 g/mol. The van der Waals surface area contributed by atoms with Gasteiger partial charge in [0.15, 0.2) is 0 Å². The minimum absolute atomic E-state index is 0.0896. The molecule has 19 heavy (non-hydrogen) atoms. The number of aliphatic hydroxyl groups excluding tert-OH is 1. The van der Waals surface area contributed by atoms with Gasteiger partial charge in [-0.15, -0.1) is 0 Å². The van der Waals surface area contributed by atoms with Crippen molar-refractivity contribution >= 4 is 5.97 Å². The molecule has 0 saturated carbocycles. The first-order chi connectivity index (χ1) is 9.08. The van der Waals surface area contributed by atoms with Crippen LogP contribution in [-0.4, -0.2) is 29.3 Å². The fourth-order valence-electron chi connectivity index (χ4n) is 2.48. The van der Waals surface area contributed by atoms with Crippen LogP contribution in [0.5, 0.6) is 0 Å². The van der Waals surface area contributed by atoms with Crippen LogP contribution < -0.4 is 5.73 Å². The largest absolute Gasteiger partial charge is 0.481 e. The summed E-state index contributed by atoms with van der Waals surface area (Å²) in [5.41, 5.74) is 6.54. The molecule has 1 unspecified atom stereocenters. The number of aliphatic carboxylic acids is 1. The minimum Gasteiger partial charge on any atom is -0.481 e. The summed E-state index contributed by atoms with van der Waals surface area (Å²) in [6, 6.07) is 7.51. The molecule has 0 saturated heterocycles. The van der Waals surface area contributed by atoms with Crippen LogP contribution in [-0.2, 0) is 10.2 Å². The molecule has 0 aliphatic carbocycles. The molecule has 1 atom stereocenters. The number of rotatable bonds is 8. The Hall–Kier alpha value is -1.39. The van der Waals surface area contributed by atoms with E-state index in [1.54, 1.807) is 0 Å². The van der Waals surface area contributed by atoms with Gasteiger partial charge in [-0.3, -0.25) is 4.79 Å². The van der Waals surface area contributed by atoms with Crippen molar-refractivity contribution in [2.45, 2.75) is 38.0 Å². The Bertz CT molecular complexity index is 420. The molecule has 4 nitrogen and oxygen atoms in total. The molecule has 1 rings (SSSR count). The number of unbranched alkanes of at least 4 members (excludes halogenated alkanes) is 2. The van der Waals surface area contributed by atoms with Crippen LogP contribution in [0.4, 0.5) is 0 Å². The summed E-state index contributed by atoms with van der Waals surface area (Å²) >= 11 is 0. The monoisotopic (exact) mass is 265 g/mol. The lowest BCUT2D eigenvalue weighted by Crippen LogP contribution is -2.43. The first kappa shape index (κ1) is 15.7. The normalized spacial score (nSPS) is 14.1. The standard InChI is InChI=1S/C15H23NO3/c1-12-7-3-4-8-13(12)15(11-16,14(18)19)9-5-2-6-10-17/h3-4,7-8,17H,2,5-6,9-11,16H2,1H3,(H,18,19). The molecule has 4 N–H and O–H groups in total. The Balaban J connectivity index is 2.99. The summed E-state index contributed by atoms with van der Waals surface area (Å²) in [7, 11) is 0. The maximum absolute atomic E-state index is 11.7. The second kappa shape index (κ2) is 7.26. The number of carboxylic acid groups (broad SMARTS) is 1. The van der Waals surface area contributed by atoms with Crippen molar-refractivity contribution in [3.63, 3.8) is 0 Å². The van der Waals surface area contributed by atoms with Crippen molar-refractivity contribution in [3.8, 4) is 0 Å². The molecule has 106 valence electrons. The van der Waals surface area contributed by atoms with Gasteiger partial charge in [0.25, 0.3) is 0 Å². The van der Waals surface area contributed by atoms with E-state index in [1.807, 2.05) is 31.2 Å². The molecule has 0 aliphatic rings. The maximum Gasteiger partial charge on any atom is 0.315 e. The number of carbonyl (C=O) groups is 1. The van der Waals surface area contributed by atoms with Crippen LogP contribution >= 0.6 is 0 Å². The van der Waals surface area contributed by atoms with Crippen molar-refractivity contribution in [2.75, 3.05) is 13.2 Å². The van der Waals surface area contributed by atoms with E-state index in [0.29, 0.717) is 12.8 Å². The Kier molecular flexibility index (Phi) is 5.99. The van der Waals surface area contributed by atoms with E-state index in [2.05, 4.69) is 0 Å². The molecule has 0 aromatic heterocycles. The average molecular weight is 265 g/mol. The third kappa shape index (κ3) is 3.55. The van der Waals surface area contributed by atoms with Crippen molar-refractivity contribution in [1.29, 1.82) is 0 Å². The smallest absolute Gasteiger partial charge is 0.315 e. The lowest BCUT2D eigenvalue weighted by atomic mass is 9.74. The summed E-state index contributed by atoms with van der Waals surface area (Å²) in [4.78, 5) is 11.7. The van der Waals surface area contributed by atoms with E-state index in [9.17, 15) is 9.90 Å². The Morgan fingerprint density at radius 1 is 1.26 bits per heavy atom. The van der Waals surface area contributed by atoms with Gasteiger partial charge in [-0.2, -0.15) is 0 Å². The topological polar surface area (TPSA) is 83.5 Å². The van der Waals surface area contributed by atoms with Crippen molar-refractivity contribution < 1.29 is 15.0 Å². The minimum atomic E-state index is -1.01. The maximum atomic E-state index is 11.7. The van der Waals surface area contributed by atoms with Gasteiger partial charge in [-0.1, -0.05) is 37.1 Å². The zero-order valence-electron chi connectivity index (χ0n) is 11.4. The molecule has 0 spiro atoms. The van der Waals surface area contributed by atoms with Gasteiger partial charge in [0.2, 0.25) is 0 Å². The van der Waals surface area contributed by atoms with Gasteiger partial charge in [0.05, 0.1) is 0 Å². The zero-order valence-corrected chi connectivity index (χ0v) is 11.4. The summed E-state index contributed by atoms with van der Waals surface area (Å²) in [6.45, 7) is 2.15. The van der Waals surface area contributed by atoms with Crippen LogP contribution in [0.25, 0.3) is 0 Å². The molecule has 1 aromatic carbocycles. The third-order valence-corrected chi connectivity index (χ3v) is 3.68. The molecule has 0 radical (unpaired) electrons. The second-order valence-electron chi connectivity index (χ2n) is 4.94. The molecule has 4 heteroatoms. The number of aryl methyl sites for hydroxylation is 1. The van der Waals surface area contributed by atoms with Crippen LogP contribution in [0, 0.1) is 6.92 Å². The number of hydrogen-bond donors (Lipinski definition) is 3. The van der Waals surface area contributed by atoms with Gasteiger partial charge in [-0.05, 0) is 30.9 Å². The zero-order chi connectivity index (χ0) is 14.3. The van der Waals surface area contributed by atoms with E-state index < -0.39 is 11.4 Å². The molecule has 0 fully saturated rings. The lowest BCUT2D eigenvalue weighted by Gasteiger charge is -2.30. The van der Waals surface area contributed by atoms with Crippen LogP contribution in [0.15, 0.2) is 24.3 Å². The highest BCUT2D eigenvalue weighted by molar-refractivity contribution is 5.82. The lowest BCUT2D eigenvalue weighted by molar-refractivity contribution is -0.143. The number of carboxylic acids is 1. The van der Waals surface area contributed by atoms with Crippen LogP contribution in [0.2, 0.25) is 0 Å². The summed E-state index contributed by atoms with van der Waals surface area (Å²) in [5.74, 6) is -0.867.